The Balaban J connectivity index is 2.18. The van der Waals surface area contributed by atoms with E-state index in [9.17, 15) is 9.59 Å². The second-order valence-corrected chi connectivity index (χ2v) is 4.30. The van der Waals surface area contributed by atoms with E-state index in [1.807, 2.05) is 13.8 Å². The molecule has 0 aromatic heterocycles. The standard InChI is InChI=1S/C12H23N3O2/c1-3-15(4-2)11(16)6-8-14-12(17)10-5-7-13-9-10/h10,13H,3-9H2,1-2H3,(H,14,17). The first-order valence-corrected chi connectivity index (χ1v) is 6.45. The molecule has 1 saturated heterocycles. The highest BCUT2D eigenvalue weighted by Gasteiger charge is 2.22. The molecular weight excluding hydrogens is 218 g/mol. The van der Waals surface area contributed by atoms with E-state index in [4.69, 9.17) is 0 Å². The maximum atomic E-state index is 11.7. The van der Waals surface area contributed by atoms with Gasteiger partial charge in [0, 0.05) is 32.6 Å². The van der Waals surface area contributed by atoms with E-state index in [0.717, 1.165) is 32.6 Å². The molecular formula is C12H23N3O2. The number of carbonyl (C=O) groups is 2. The first-order valence-electron chi connectivity index (χ1n) is 6.45. The summed E-state index contributed by atoms with van der Waals surface area (Å²) in [7, 11) is 0. The van der Waals surface area contributed by atoms with Crippen LogP contribution in [0.3, 0.4) is 0 Å². The molecule has 0 radical (unpaired) electrons. The lowest BCUT2D eigenvalue weighted by molar-refractivity contribution is -0.131. The van der Waals surface area contributed by atoms with Crippen LogP contribution in [0, 0.1) is 5.92 Å². The number of nitrogens with one attached hydrogen (secondary N) is 2. The van der Waals surface area contributed by atoms with E-state index >= 15 is 0 Å². The van der Waals surface area contributed by atoms with Crippen molar-refractivity contribution < 1.29 is 9.59 Å². The second kappa shape index (κ2) is 7.27. The van der Waals surface area contributed by atoms with E-state index in [1.165, 1.54) is 0 Å². The molecule has 2 amide bonds. The fourth-order valence-corrected chi connectivity index (χ4v) is 2.05. The van der Waals surface area contributed by atoms with Gasteiger partial charge in [0.15, 0.2) is 0 Å². The molecule has 17 heavy (non-hydrogen) atoms. The summed E-state index contributed by atoms with van der Waals surface area (Å²) in [5.74, 6) is 0.265. The summed E-state index contributed by atoms with van der Waals surface area (Å²) in [5.41, 5.74) is 0. The van der Waals surface area contributed by atoms with Gasteiger partial charge >= 0.3 is 0 Å². The smallest absolute Gasteiger partial charge is 0.224 e. The van der Waals surface area contributed by atoms with Gasteiger partial charge in [-0.3, -0.25) is 9.59 Å². The van der Waals surface area contributed by atoms with Gasteiger partial charge in [-0.2, -0.15) is 0 Å². The molecule has 1 fully saturated rings. The van der Waals surface area contributed by atoms with Gasteiger partial charge in [0.25, 0.3) is 0 Å². The van der Waals surface area contributed by atoms with Crippen LogP contribution in [0.4, 0.5) is 0 Å². The van der Waals surface area contributed by atoms with Crippen LogP contribution in [-0.4, -0.2) is 49.4 Å². The van der Waals surface area contributed by atoms with Crippen molar-refractivity contribution in [2.24, 2.45) is 5.92 Å². The Labute approximate surface area is 103 Å². The minimum absolute atomic E-state index is 0.0716. The molecule has 1 aliphatic rings. The maximum absolute atomic E-state index is 11.7. The van der Waals surface area contributed by atoms with Gasteiger partial charge in [0.1, 0.15) is 0 Å². The summed E-state index contributed by atoms with van der Waals surface area (Å²) in [6.07, 6.45) is 1.30. The van der Waals surface area contributed by atoms with Crippen molar-refractivity contribution in [3.8, 4) is 0 Å². The molecule has 0 aromatic rings. The molecule has 5 nitrogen and oxygen atoms in total. The average molecular weight is 241 g/mol. The van der Waals surface area contributed by atoms with Crippen LogP contribution in [0.5, 0.6) is 0 Å². The number of rotatable bonds is 6. The molecule has 98 valence electrons. The minimum atomic E-state index is 0.0716. The van der Waals surface area contributed by atoms with Gasteiger partial charge in [0.2, 0.25) is 11.8 Å². The van der Waals surface area contributed by atoms with Crippen molar-refractivity contribution in [1.82, 2.24) is 15.5 Å². The lowest BCUT2D eigenvalue weighted by Gasteiger charge is -2.18. The van der Waals surface area contributed by atoms with Gasteiger partial charge in [-0.25, -0.2) is 0 Å². The Hall–Kier alpha value is -1.10. The Morgan fingerprint density at radius 3 is 2.59 bits per heavy atom. The van der Waals surface area contributed by atoms with Gasteiger partial charge < -0.3 is 15.5 Å². The summed E-state index contributed by atoms with van der Waals surface area (Å²) in [5, 5.41) is 5.99. The summed E-state index contributed by atoms with van der Waals surface area (Å²) >= 11 is 0. The van der Waals surface area contributed by atoms with Gasteiger partial charge in [-0.1, -0.05) is 0 Å². The maximum Gasteiger partial charge on any atom is 0.224 e. The molecule has 0 saturated carbocycles. The number of hydrogen-bond donors (Lipinski definition) is 2. The normalized spacial score (nSPS) is 19.1. The molecule has 0 aliphatic carbocycles. The zero-order valence-electron chi connectivity index (χ0n) is 10.8. The van der Waals surface area contributed by atoms with Crippen LogP contribution in [0.15, 0.2) is 0 Å². The number of amides is 2. The van der Waals surface area contributed by atoms with Crippen molar-refractivity contribution >= 4 is 11.8 Å². The summed E-state index contributed by atoms with van der Waals surface area (Å²) in [6.45, 7) is 7.51. The van der Waals surface area contributed by atoms with Crippen LogP contribution >= 0.6 is 0 Å². The van der Waals surface area contributed by atoms with Crippen molar-refractivity contribution in [2.45, 2.75) is 26.7 Å². The molecule has 1 rings (SSSR count). The molecule has 5 heteroatoms. The summed E-state index contributed by atoms with van der Waals surface area (Å²) in [4.78, 5) is 25.1. The average Bonchev–Trinajstić information content (AvgIpc) is 2.84. The third-order valence-electron chi connectivity index (χ3n) is 3.19. The van der Waals surface area contributed by atoms with Crippen molar-refractivity contribution in [3.63, 3.8) is 0 Å². The monoisotopic (exact) mass is 241 g/mol. The van der Waals surface area contributed by atoms with Gasteiger partial charge in [0.05, 0.1) is 5.92 Å². The van der Waals surface area contributed by atoms with Crippen LogP contribution in [-0.2, 0) is 9.59 Å². The van der Waals surface area contributed by atoms with E-state index in [1.54, 1.807) is 4.90 Å². The first kappa shape index (κ1) is 14.0. The Kier molecular flexibility index (Phi) is 5.97. The molecule has 2 N–H and O–H groups in total. The SMILES string of the molecule is CCN(CC)C(=O)CCNC(=O)C1CCNC1. The molecule has 1 heterocycles. The highest BCUT2D eigenvalue weighted by molar-refractivity contribution is 5.80. The predicted octanol–water partition coefficient (Wildman–Crippen LogP) is -0.0294. The summed E-state index contributed by atoms with van der Waals surface area (Å²) < 4.78 is 0. The van der Waals surface area contributed by atoms with Crippen LogP contribution in [0.1, 0.15) is 26.7 Å². The molecule has 1 atom stereocenters. The summed E-state index contributed by atoms with van der Waals surface area (Å²) in [6, 6.07) is 0. The van der Waals surface area contributed by atoms with Gasteiger partial charge in [-0.05, 0) is 26.8 Å². The van der Waals surface area contributed by atoms with Crippen molar-refractivity contribution in [2.75, 3.05) is 32.7 Å². The molecule has 1 aliphatic heterocycles. The number of hydrogen-bond acceptors (Lipinski definition) is 3. The lowest BCUT2D eigenvalue weighted by atomic mass is 10.1. The van der Waals surface area contributed by atoms with E-state index in [-0.39, 0.29) is 17.7 Å². The molecule has 1 unspecified atom stereocenters. The third kappa shape index (κ3) is 4.34. The topological polar surface area (TPSA) is 61.4 Å². The Morgan fingerprint density at radius 1 is 1.35 bits per heavy atom. The molecule has 0 spiro atoms. The highest BCUT2D eigenvalue weighted by atomic mass is 16.2. The molecule has 0 aromatic carbocycles. The number of nitrogens with zero attached hydrogens (tertiary/aromatic N) is 1. The van der Waals surface area contributed by atoms with E-state index in [0.29, 0.717) is 13.0 Å². The lowest BCUT2D eigenvalue weighted by Crippen LogP contribution is -2.36. The fourth-order valence-electron chi connectivity index (χ4n) is 2.05. The second-order valence-electron chi connectivity index (χ2n) is 4.30. The van der Waals surface area contributed by atoms with Crippen LogP contribution < -0.4 is 10.6 Å². The Morgan fingerprint density at radius 2 is 2.06 bits per heavy atom. The fraction of sp³-hybridized carbons (Fsp3) is 0.833. The van der Waals surface area contributed by atoms with Crippen LogP contribution in [0.2, 0.25) is 0 Å². The highest BCUT2D eigenvalue weighted by Crippen LogP contribution is 2.06. The quantitative estimate of drug-likeness (QED) is 0.686. The first-order chi connectivity index (χ1) is 8.19. The number of carbonyl (C=O) groups excluding carboxylic acids is 2. The minimum Gasteiger partial charge on any atom is -0.355 e. The third-order valence-corrected chi connectivity index (χ3v) is 3.19. The van der Waals surface area contributed by atoms with E-state index in [2.05, 4.69) is 10.6 Å². The largest absolute Gasteiger partial charge is 0.355 e. The van der Waals surface area contributed by atoms with Crippen LogP contribution in [0.25, 0.3) is 0 Å². The van der Waals surface area contributed by atoms with Gasteiger partial charge in [-0.15, -0.1) is 0 Å². The predicted molar refractivity (Wildman–Crippen MR) is 66.5 cm³/mol. The Bertz CT molecular complexity index is 244. The van der Waals surface area contributed by atoms with Crippen molar-refractivity contribution in [1.29, 1.82) is 0 Å². The zero-order valence-corrected chi connectivity index (χ0v) is 10.8. The molecule has 0 bridgehead atoms. The zero-order chi connectivity index (χ0) is 12.7. The van der Waals surface area contributed by atoms with Crippen molar-refractivity contribution in [3.05, 3.63) is 0 Å². The van der Waals surface area contributed by atoms with E-state index < -0.39 is 0 Å².